The molecule has 0 aliphatic rings. The van der Waals surface area contributed by atoms with Crippen molar-refractivity contribution in [3.05, 3.63) is 62.5 Å². The predicted octanol–water partition coefficient (Wildman–Crippen LogP) is 3.77. The molecule has 2 aromatic carbocycles. The van der Waals surface area contributed by atoms with Crippen molar-refractivity contribution >= 4 is 49.8 Å². The molecule has 27 heavy (non-hydrogen) atoms. The van der Waals surface area contributed by atoms with Gasteiger partial charge in [-0.05, 0) is 52.7 Å². The summed E-state index contributed by atoms with van der Waals surface area (Å²) in [7, 11) is 1.55. The third kappa shape index (κ3) is 6.41. The molecule has 6 nitrogen and oxygen atoms in total. The first-order valence-corrected chi connectivity index (χ1v) is 9.47. The molecule has 2 amide bonds. The molecule has 0 spiro atoms. The standard InChI is InChI=1S/C19H18Br2N2O4/c1-12-9-14(20)10-15(21)19(12)27-11-18(25)23-22-17(24)8-7-13-5-3-4-6-16(13)26-2/h3-10H,11H2,1-2H3,(H,22,24)(H,23,25). The third-order valence-corrected chi connectivity index (χ3v) is 4.47. The minimum atomic E-state index is -0.483. The van der Waals surface area contributed by atoms with E-state index >= 15 is 0 Å². The molecule has 2 aromatic rings. The highest BCUT2D eigenvalue weighted by Gasteiger charge is 2.10. The van der Waals surface area contributed by atoms with Crippen molar-refractivity contribution in [2.45, 2.75) is 6.92 Å². The van der Waals surface area contributed by atoms with Gasteiger partial charge in [-0.2, -0.15) is 0 Å². The number of amides is 2. The van der Waals surface area contributed by atoms with E-state index in [1.54, 1.807) is 19.3 Å². The number of para-hydroxylation sites is 1. The van der Waals surface area contributed by atoms with Gasteiger partial charge in [-0.1, -0.05) is 34.1 Å². The van der Waals surface area contributed by atoms with E-state index in [0.29, 0.717) is 11.5 Å². The fourth-order valence-corrected chi connectivity index (χ4v) is 3.74. The van der Waals surface area contributed by atoms with E-state index in [2.05, 4.69) is 42.7 Å². The van der Waals surface area contributed by atoms with E-state index in [9.17, 15) is 9.59 Å². The Kier molecular flexibility index (Phi) is 7.87. The Labute approximate surface area is 174 Å². The second kappa shape index (κ2) is 10.1. The van der Waals surface area contributed by atoms with E-state index in [-0.39, 0.29) is 6.61 Å². The topological polar surface area (TPSA) is 76.7 Å². The van der Waals surface area contributed by atoms with Gasteiger partial charge < -0.3 is 9.47 Å². The van der Waals surface area contributed by atoms with Crippen molar-refractivity contribution in [1.82, 2.24) is 10.9 Å². The van der Waals surface area contributed by atoms with Crippen LogP contribution in [0.4, 0.5) is 0 Å². The maximum Gasteiger partial charge on any atom is 0.276 e. The first-order chi connectivity index (χ1) is 12.9. The van der Waals surface area contributed by atoms with Crippen LogP contribution in [0.25, 0.3) is 6.08 Å². The molecule has 0 aliphatic heterocycles. The van der Waals surface area contributed by atoms with Crippen molar-refractivity contribution in [3.63, 3.8) is 0 Å². The SMILES string of the molecule is COc1ccccc1C=CC(=O)NNC(=O)COc1c(C)cc(Br)cc1Br. The fourth-order valence-electron chi connectivity index (χ4n) is 2.19. The van der Waals surface area contributed by atoms with Crippen LogP contribution < -0.4 is 20.3 Å². The Balaban J connectivity index is 1.83. The Morgan fingerprint density at radius 1 is 1.15 bits per heavy atom. The Morgan fingerprint density at radius 3 is 2.59 bits per heavy atom. The molecule has 0 saturated carbocycles. The fraction of sp³-hybridized carbons (Fsp3) is 0.158. The number of halogens is 2. The molecular weight excluding hydrogens is 480 g/mol. The number of hydrazine groups is 1. The van der Waals surface area contributed by atoms with Crippen LogP contribution in [0.2, 0.25) is 0 Å². The second-order valence-electron chi connectivity index (χ2n) is 5.44. The predicted molar refractivity (Wildman–Crippen MR) is 110 cm³/mol. The Morgan fingerprint density at radius 2 is 1.89 bits per heavy atom. The zero-order valence-electron chi connectivity index (χ0n) is 14.7. The van der Waals surface area contributed by atoms with Gasteiger partial charge in [-0.25, -0.2) is 0 Å². The lowest BCUT2D eigenvalue weighted by Gasteiger charge is -2.12. The van der Waals surface area contributed by atoms with Crippen LogP contribution in [0.5, 0.6) is 11.5 Å². The van der Waals surface area contributed by atoms with Gasteiger partial charge in [-0.15, -0.1) is 0 Å². The van der Waals surface area contributed by atoms with E-state index in [4.69, 9.17) is 9.47 Å². The summed E-state index contributed by atoms with van der Waals surface area (Å²) in [4.78, 5) is 23.7. The van der Waals surface area contributed by atoms with E-state index in [1.165, 1.54) is 6.08 Å². The van der Waals surface area contributed by atoms with Gasteiger partial charge in [0.25, 0.3) is 11.8 Å². The number of hydrogen-bond acceptors (Lipinski definition) is 4. The molecule has 0 fully saturated rings. The lowest BCUT2D eigenvalue weighted by molar-refractivity contribution is -0.128. The Bertz CT molecular complexity index is 846. The summed E-state index contributed by atoms with van der Waals surface area (Å²) in [6.07, 6.45) is 2.90. The van der Waals surface area contributed by atoms with Crippen molar-refractivity contribution in [2.75, 3.05) is 13.7 Å². The normalized spacial score (nSPS) is 10.5. The Hall–Kier alpha value is -2.32. The maximum atomic E-state index is 11.9. The number of carbonyl (C=O) groups is 2. The number of nitrogens with one attached hydrogen (secondary N) is 2. The van der Waals surface area contributed by atoms with Crippen LogP contribution in [0.3, 0.4) is 0 Å². The summed E-state index contributed by atoms with van der Waals surface area (Å²) in [5.74, 6) is 0.253. The molecule has 0 bridgehead atoms. The van der Waals surface area contributed by atoms with Crippen molar-refractivity contribution in [3.8, 4) is 11.5 Å². The first kappa shape index (κ1) is 21.0. The average molecular weight is 498 g/mol. The molecule has 142 valence electrons. The van der Waals surface area contributed by atoms with E-state index in [1.807, 2.05) is 37.3 Å². The zero-order chi connectivity index (χ0) is 19.8. The molecule has 0 heterocycles. The van der Waals surface area contributed by atoms with Crippen LogP contribution in [0.1, 0.15) is 11.1 Å². The molecule has 0 saturated heterocycles. The smallest absolute Gasteiger partial charge is 0.276 e. The summed E-state index contributed by atoms with van der Waals surface area (Å²) in [5.41, 5.74) is 6.22. The average Bonchev–Trinajstić information content (AvgIpc) is 2.64. The highest BCUT2D eigenvalue weighted by molar-refractivity contribution is 9.11. The molecule has 0 atom stereocenters. The molecule has 0 aliphatic carbocycles. The van der Waals surface area contributed by atoms with Crippen LogP contribution in [-0.2, 0) is 9.59 Å². The highest BCUT2D eigenvalue weighted by atomic mass is 79.9. The molecule has 2 rings (SSSR count). The molecule has 0 unspecified atom stereocenters. The summed E-state index contributed by atoms with van der Waals surface area (Å²) >= 11 is 6.77. The summed E-state index contributed by atoms with van der Waals surface area (Å²) in [6.45, 7) is 1.63. The number of hydrogen-bond donors (Lipinski definition) is 2. The number of rotatable bonds is 6. The number of ether oxygens (including phenoxy) is 2. The van der Waals surface area contributed by atoms with Gasteiger partial charge >= 0.3 is 0 Å². The summed E-state index contributed by atoms with van der Waals surface area (Å²) < 4.78 is 12.3. The number of carbonyl (C=O) groups excluding carboxylic acids is 2. The molecule has 0 radical (unpaired) electrons. The van der Waals surface area contributed by atoms with Gasteiger partial charge in [0.15, 0.2) is 6.61 Å². The second-order valence-corrected chi connectivity index (χ2v) is 7.21. The van der Waals surface area contributed by atoms with Gasteiger partial charge in [0, 0.05) is 16.1 Å². The van der Waals surface area contributed by atoms with E-state index in [0.717, 1.165) is 20.1 Å². The molecule has 2 N–H and O–H groups in total. The van der Waals surface area contributed by atoms with Gasteiger partial charge in [0.1, 0.15) is 11.5 Å². The summed E-state index contributed by atoms with van der Waals surface area (Å²) in [6, 6.07) is 11.0. The summed E-state index contributed by atoms with van der Waals surface area (Å²) in [5, 5.41) is 0. The van der Waals surface area contributed by atoms with Crippen LogP contribution in [0.15, 0.2) is 51.4 Å². The lowest BCUT2D eigenvalue weighted by atomic mass is 10.2. The van der Waals surface area contributed by atoms with Crippen LogP contribution >= 0.6 is 31.9 Å². The largest absolute Gasteiger partial charge is 0.496 e. The van der Waals surface area contributed by atoms with Crippen LogP contribution in [-0.4, -0.2) is 25.5 Å². The third-order valence-electron chi connectivity index (χ3n) is 3.42. The zero-order valence-corrected chi connectivity index (χ0v) is 17.9. The van der Waals surface area contributed by atoms with Crippen LogP contribution in [0, 0.1) is 6.92 Å². The monoisotopic (exact) mass is 496 g/mol. The maximum absolute atomic E-state index is 11.9. The number of methoxy groups -OCH3 is 1. The van der Waals surface area contributed by atoms with Crippen molar-refractivity contribution in [1.29, 1.82) is 0 Å². The lowest BCUT2D eigenvalue weighted by Crippen LogP contribution is -2.43. The molecular formula is C19H18Br2N2O4. The first-order valence-electron chi connectivity index (χ1n) is 7.89. The van der Waals surface area contributed by atoms with E-state index < -0.39 is 11.8 Å². The minimum absolute atomic E-state index is 0.239. The van der Waals surface area contributed by atoms with Crippen molar-refractivity contribution in [2.24, 2.45) is 0 Å². The molecule has 0 aromatic heterocycles. The van der Waals surface area contributed by atoms with Gasteiger partial charge in [0.05, 0.1) is 11.6 Å². The van der Waals surface area contributed by atoms with Gasteiger partial charge in [-0.3, -0.25) is 20.4 Å². The quantitative estimate of drug-likeness (QED) is 0.470. The highest BCUT2D eigenvalue weighted by Crippen LogP contribution is 2.32. The van der Waals surface area contributed by atoms with Crippen molar-refractivity contribution < 1.29 is 19.1 Å². The number of aryl methyl sites for hydroxylation is 1. The minimum Gasteiger partial charge on any atom is -0.496 e. The molecule has 8 heteroatoms. The van der Waals surface area contributed by atoms with Gasteiger partial charge in [0.2, 0.25) is 0 Å². The number of benzene rings is 2.